The maximum absolute atomic E-state index is 9.48. The van der Waals surface area contributed by atoms with Crippen LogP contribution in [0.15, 0.2) is 0 Å². The highest BCUT2D eigenvalue weighted by atomic mass is 16.3. The van der Waals surface area contributed by atoms with Crippen LogP contribution in [-0.2, 0) is 0 Å². The molecule has 0 radical (unpaired) electrons. The number of hydrogen-bond acceptors (Lipinski definition) is 3. The summed E-state index contributed by atoms with van der Waals surface area (Å²) in [6, 6.07) is 0.155. The fourth-order valence-electron chi connectivity index (χ4n) is 2.30. The van der Waals surface area contributed by atoms with Gasteiger partial charge in [-0.1, -0.05) is 27.7 Å². The van der Waals surface area contributed by atoms with Gasteiger partial charge in [0.15, 0.2) is 0 Å². The summed E-state index contributed by atoms with van der Waals surface area (Å²) in [5.74, 6) is 0.742. The van der Waals surface area contributed by atoms with Crippen molar-refractivity contribution in [2.24, 2.45) is 17.1 Å². The Hall–Kier alpha value is -0.120. The summed E-state index contributed by atoms with van der Waals surface area (Å²) in [5, 5.41) is 9.48. The van der Waals surface area contributed by atoms with E-state index in [1.807, 2.05) is 0 Å². The first kappa shape index (κ1) is 12.9. The number of hydrogen-bond donors (Lipinski definition) is 2. The molecule has 1 aliphatic heterocycles. The molecule has 15 heavy (non-hydrogen) atoms. The van der Waals surface area contributed by atoms with Crippen molar-refractivity contribution in [2.75, 3.05) is 19.7 Å². The predicted octanol–water partition coefficient (Wildman–Crippen LogP) is 1.06. The molecule has 1 saturated heterocycles. The first-order valence-electron chi connectivity index (χ1n) is 5.96. The van der Waals surface area contributed by atoms with Gasteiger partial charge in [-0.25, -0.2) is 0 Å². The van der Waals surface area contributed by atoms with E-state index in [0.717, 1.165) is 19.0 Å². The first-order valence-corrected chi connectivity index (χ1v) is 5.96. The Morgan fingerprint density at radius 3 is 2.40 bits per heavy atom. The Bertz CT molecular complexity index is 200. The topological polar surface area (TPSA) is 49.5 Å². The highest BCUT2D eigenvalue weighted by molar-refractivity contribution is 4.92. The Labute approximate surface area is 93.6 Å². The second kappa shape index (κ2) is 4.81. The molecule has 0 aliphatic carbocycles. The highest BCUT2D eigenvalue weighted by Crippen LogP contribution is 2.26. The Balaban J connectivity index is 2.63. The van der Waals surface area contributed by atoms with Crippen LogP contribution in [0.3, 0.4) is 0 Å². The van der Waals surface area contributed by atoms with E-state index in [9.17, 15) is 5.11 Å². The summed E-state index contributed by atoms with van der Waals surface area (Å²) >= 11 is 0. The van der Waals surface area contributed by atoms with E-state index < -0.39 is 0 Å². The van der Waals surface area contributed by atoms with E-state index >= 15 is 0 Å². The number of likely N-dealkylation sites (tertiary alicyclic amines) is 1. The SMILES string of the molecule is CC1CCN(C(CO)C(N)C(C)(C)C)C1. The lowest BCUT2D eigenvalue weighted by molar-refractivity contribution is 0.0855. The fourth-order valence-corrected chi connectivity index (χ4v) is 2.30. The van der Waals surface area contributed by atoms with Crippen LogP contribution in [0.4, 0.5) is 0 Å². The lowest BCUT2D eigenvalue weighted by atomic mass is 9.82. The Kier molecular flexibility index (Phi) is 4.15. The maximum atomic E-state index is 9.48. The summed E-state index contributed by atoms with van der Waals surface area (Å²) in [6.45, 7) is 11.0. The van der Waals surface area contributed by atoms with Crippen molar-refractivity contribution in [1.29, 1.82) is 0 Å². The first-order chi connectivity index (χ1) is 6.86. The molecule has 3 unspecified atom stereocenters. The summed E-state index contributed by atoms with van der Waals surface area (Å²) < 4.78 is 0. The maximum Gasteiger partial charge on any atom is 0.0602 e. The smallest absolute Gasteiger partial charge is 0.0602 e. The van der Waals surface area contributed by atoms with E-state index in [4.69, 9.17) is 5.73 Å². The van der Waals surface area contributed by atoms with Crippen molar-refractivity contribution < 1.29 is 5.11 Å². The minimum Gasteiger partial charge on any atom is -0.395 e. The average Bonchev–Trinajstić information content (AvgIpc) is 2.51. The van der Waals surface area contributed by atoms with Gasteiger partial charge >= 0.3 is 0 Å². The van der Waals surface area contributed by atoms with Crippen LogP contribution in [0.2, 0.25) is 0 Å². The van der Waals surface area contributed by atoms with Crippen molar-refractivity contribution >= 4 is 0 Å². The van der Waals surface area contributed by atoms with Gasteiger partial charge in [0.2, 0.25) is 0 Å². The molecule has 0 amide bonds. The van der Waals surface area contributed by atoms with Crippen LogP contribution < -0.4 is 5.73 Å². The minimum atomic E-state index is 0.0350. The van der Waals surface area contributed by atoms with Gasteiger partial charge in [-0.15, -0.1) is 0 Å². The van der Waals surface area contributed by atoms with Crippen LogP contribution in [0.1, 0.15) is 34.1 Å². The van der Waals surface area contributed by atoms with Gasteiger partial charge < -0.3 is 10.8 Å². The number of nitrogens with zero attached hydrogens (tertiary/aromatic N) is 1. The number of aliphatic hydroxyl groups excluding tert-OH is 1. The zero-order chi connectivity index (χ0) is 11.6. The normalized spacial score (nSPS) is 28.0. The minimum absolute atomic E-state index is 0.0350. The standard InChI is InChI=1S/C12H26N2O/c1-9-5-6-14(7-9)10(8-15)11(13)12(2,3)4/h9-11,15H,5-8,13H2,1-4H3. The fraction of sp³-hybridized carbons (Fsp3) is 1.00. The second-order valence-corrected chi connectivity index (χ2v) is 6.03. The van der Waals surface area contributed by atoms with E-state index in [1.165, 1.54) is 6.42 Å². The third kappa shape index (κ3) is 3.16. The van der Waals surface area contributed by atoms with Gasteiger partial charge in [-0.3, -0.25) is 4.90 Å². The van der Waals surface area contributed by atoms with Gasteiger partial charge in [-0.2, -0.15) is 0 Å². The molecular formula is C12H26N2O. The summed E-state index contributed by atoms with van der Waals surface area (Å²) in [5.41, 5.74) is 6.28. The molecule has 1 fully saturated rings. The molecule has 1 aliphatic rings. The number of nitrogens with two attached hydrogens (primary N) is 1. The molecule has 3 heteroatoms. The third-order valence-electron chi connectivity index (χ3n) is 3.53. The second-order valence-electron chi connectivity index (χ2n) is 6.03. The van der Waals surface area contributed by atoms with Gasteiger partial charge in [0.1, 0.15) is 0 Å². The zero-order valence-corrected chi connectivity index (χ0v) is 10.5. The molecule has 0 spiro atoms. The van der Waals surface area contributed by atoms with Crippen LogP contribution in [0.5, 0.6) is 0 Å². The van der Waals surface area contributed by atoms with Crippen molar-refractivity contribution in [1.82, 2.24) is 4.90 Å². The van der Waals surface area contributed by atoms with Crippen LogP contribution >= 0.6 is 0 Å². The van der Waals surface area contributed by atoms with Crippen molar-refractivity contribution in [3.8, 4) is 0 Å². The molecule has 0 saturated carbocycles. The largest absolute Gasteiger partial charge is 0.395 e. The summed E-state index contributed by atoms with van der Waals surface area (Å²) in [6.07, 6.45) is 1.23. The number of aliphatic hydroxyl groups is 1. The van der Waals surface area contributed by atoms with Crippen LogP contribution in [0.25, 0.3) is 0 Å². The van der Waals surface area contributed by atoms with E-state index in [1.54, 1.807) is 0 Å². The van der Waals surface area contributed by atoms with E-state index in [-0.39, 0.29) is 24.1 Å². The molecule has 1 rings (SSSR count). The zero-order valence-electron chi connectivity index (χ0n) is 10.5. The molecule has 3 nitrogen and oxygen atoms in total. The van der Waals surface area contributed by atoms with Gasteiger partial charge in [-0.05, 0) is 24.3 Å². The van der Waals surface area contributed by atoms with E-state index in [0.29, 0.717) is 0 Å². The Morgan fingerprint density at radius 2 is 2.07 bits per heavy atom. The van der Waals surface area contributed by atoms with Crippen LogP contribution in [-0.4, -0.2) is 41.8 Å². The molecule has 3 N–H and O–H groups in total. The quantitative estimate of drug-likeness (QED) is 0.738. The highest BCUT2D eigenvalue weighted by Gasteiger charge is 2.34. The van der Waals surface area contributed by atoms with Crippen LogP contribution in [0, 0.1) is 11.3 Å². The lowest BCUT2D eigenvalue weighted by Gasteiger charge is -2.38. The van der Waals surface area contributed by atoms with Crippen molar-refractivity contribution in [3.63, 3.8) is 0 Å². The van der Waals surface area contributed by atoms with Gasteiger partial charge in [0.05, 0.1) is 6.61 Å². The van der Waals surface area contributed by atoms with Crippen molar-refractivity contribution in [3.05, 3.63) is 0 Å². The molecule has 0 aromatic carbocycles. The molecule has 1 heterocycles. The van der Waals surface area contributed by atoms with E-state index in [2.05, 4.69) is 32.6 Å². The predicted molar refractivity (Wildman–Crippen MR) is 63.7 cm³/mol. The molecule has 0 aromatic heterocycles. The molecule has 90 valence electrons. The summed E-state index contributed by atoms with van der Waals surface area (Å²) in [4.78, 5) is 2.35. The third-order valence-corrected chi connectivity index (χ3v) is 3.53. The number of rotatable bonds is 3. The average molecular weight is 214 g/mol. The monoisotopic (exact) mass is 214 g/mol. The molecule has 0 aromatic rings. The Morgan fingerprint density at radius 1 is 1.47 bits per heavy atom. The molecule has 3 atom stereocenters. The molecular weight excluding hydrogens is 188 g/mol. The summed E-state index contributed by atoms with van der Waals surface area (Å²) in [7, 11) is 0. The van der Waals surface area contributed by atoms with Gasteiger partial charge in [0, 0.05) is 18.6 Å². The lowest BCUT2D eigenvalue weighted by Crippen LogP contribution is -2.54. The van der Waals surface area contributed by atoms with Crippen molar-refractivity contribution in [2.45, 2.75) is 46.2 Å². The molecule has 0 bridgehead atoms. The van der Waals surface area contributed by atoms with Gasteiger partial charge in [0.25, 0.3) is 0 Å².